The fourth-order valence-electron chi connectivity index (χ4n) is 1.21. The van der Waals surface area contributed by atoms with Gasteiger partial charge in [0.05, 0.1) is 0 Å². The molecule has 0 saturated heterocycles. The Morgan fingerprint density at radius 3 is 2.53 bits per heavy atom. The van der Waals surface area contributed by atoms with Gasteiger partial charge >= 0.3 is 0 Å². The van der Waals surface area contributed by atoms with Crippen LogP contribution in [-0.4, -0.2) is 16.5 Å². The highest BCUT2D eigenvalue weighted by Crippen LogP contribution is 2.11. The third kappa shape index (κ3) is 4.78. The normalized spacial score (nSPS) is 14.9. The zero-order valence-corrected chi connectivity index (χ0v) is 10.4. The van der Waals surface area contributed by atoms with Crippen molar-refractivity contribution in [3.05, 3.63) is 34.9 Å². The standard InChI is InChI=1S/C11H16ClNOS/c1-9(6-13)7-15(14)8-10-2-4-11(12)5-3-10/h2-5,9H,6-8,13H2,1H3. The van der Waals surface area contributed by atoms with Crippen molar-refractivity contribution < 1.29 is 4.21 Å². The zero-order chi connectivity index (χ0) is 11.3. The number of hydrogen-bond acceptors (Lipinski definition) is 2. The highest BCUT2D eigenvalue weighted by molar-refractivity contribution is 7.84. The van der Waals surface area contributed by atoms with Gasteiger partial charge in [-0.15, -0.1) is 0 Å². The van der Waals surface area contributed by atoms with Crippen LogP contribution in [0.15, 0.2) is 24.3 Å². The van der Waals surface area contributed by atoms with Gasteiger partial charge in [0.2, 0.25) is 0 Å². The highest BCUT2D eigenvalue weighted by atomic mass is 35.5. The first-order valence-electron chi connectivity index (χ1n) is 4.91. The van der Waals surface area contributed by atoms with E-state index >= 15 is 0 Å². The molecule has 2 unspecified atom stereocenters. The summed E-state index contributed by atoms with van der Waals surface area (Å²) in [5.74, 6) is 1.57. The molecule has 0 radical (unpaired) electrons. The van der Waals surface area contributed by atoms with Crippen LogP contribution >= 0.6 is 11.6 Å². The maximum atomic E-state index is 11.7. The Morgan fingerprint density at radius 1 is 1.40 bits per heavy atom. The molecule has 1 rings (SSSR count). The van der Waals surface area contributed by atoms with E-state index in [1.165, 1.54) is 0 Å². The van der Waals surface area contributed by atoms with Gasteiger partial charge < -0.3 is 5.73 Å². The summed E-state index contributed by atoms with van der Waals surface area (Å²) >= 11 is 5.76. The predicted molar refractivity (Wildman–Crippen MR) is 66.4 cm³/mol. The molecule has 0 heterocycles. The van der Waals surface area contributed by atoms with Crippen LogP contribution < -0.4 is 5.73 Å². The summed E-state index contributed by atoms with van der Waals surface area (Å²) < 4.78 is 11.7. The molecule has 84 valence electrons. The monoisotopic (exact) mass is 245 g/mol. The fraction of sp³-hybridized carbons (Fsp3) is 0.455. The molecular formula is C11H16ClNOS. The van der Waals surface area contributed by atoms with E-state index in [4.69, 9.17) is 17.3 Å². The summed E-state index contributed by atoms with van der Waals surface area (Å²) in [6.07, 6.45) is 0. The second-order valence-corrected chi connectivity index (χ2v) is 5.66. The van der Waals surface area contributed by atoms with Crippen LogP contribution in [0, 0.1) is 5.92 Å². The minimum absolute atomic E-state index is 0.318. The molecule has 1 aromatic carbocycles. The Kier molecular flexibility index (Phi) is 5.29. The van der Waals surface area contributed by atoms with Crippen LogP contribution in [0.5, 0.6) is 0 Å². The van der Waals surface area contributed by atoms with Gasteiger partial charge in [-0.1, -0.05) is 30.7 Å². The highest BCUT2D eigenvalue weighted by Gasteiger charge is 2.06. The molecule has 0 aliphatic carbocycles. The number of halogens is 1. The molecule has 4 heteroatoms. The average Bonchev–Trinajstić information content (AvgIpc) is 2.21. The lowest BCUT2D eigenvalue weighted by Gasteiger charge is -2.07. The van der Waals surface area contributed by atoms with Crippen LogP contribution in [0.3, 0.4) is 0 Å². The van der Waals surface area contributed by atoms with Crippen molar-refractivity contribution in [2.75, 3.05) is 12.3 Å². The largest absolute Gasteiger partial charge is 0.330 e. The number of hydrogen-bond donors (Lipinski definition) is 1. The van der Waals surface area contributed by atoms with E-state index in [1.54, 1.807) is 0 Å². The van der Waals surface area contributed by atoms with Crippen LogP contribution in [0.2, 0.25) is 5.02 Å². The Balaban J connectivity index is 2.48. The van der Waals surface area contributed by atoms with E-state index in [-0.39, 0.29) is 0 Å². The first-order chi connectivity index (χ1) is 7.11. The minimum atomic E-state index is -0.831. The van der Waals surface area contributed by atoms with Crippen molar-refractivity contribution in [2.45, 2.75) is 12.7 Å². The molecule has 0 amide bonds. The molecular weight excluding hydrogens is 230 g/mol. The lowest BCUT2D eigenvalue weighted by Crippen LogP contribution is -2.18. The van der Waals surface area contributed by atoms with Gasteiger partial charge in [0, 0.05) is 27.3 Å². The maximum absolute atomic E-state index is 11.7. The van der Waals surface area contributed by atoms with Crippen molar-refractivity contribution in [3.63, 3.8) is 0 Å². The molecule has 15 heavy (non-hydrogen) atoms. The van der Waals surface area contributed by atoms with Gasteiger partial charge in [-0.2, -0.15) is 0 Å². The molecule has 0 aromatic heterocycles. The summed E-state index contributed by atoms with van der Waals surface area (Å²) in [6, 6.07) is 7.46. The summed E-state index contributed by atoms with van der Waals surface area (Å²) in [6.45, 7) is 2.60. The first-order valence-corrected chi connectivity index (χ1v) is 6.78. The first kappa shape index (κ1) is 12.7. The van der Waals surface area contributed by atoms with Crippen LogP contribution in [0.1, 0.15) is 12.5 Å². The Hall–Kier alpha value is -0.380. The van der Waals surface area contributed by atoms with Crippen molar-refractivity contribution in [3.8, 4) is 0 Å². The van der Waals surface area contributed by atoms with E-state index in [0.29, 0.717) is 29.0 Å². The molecule has 0 aliphatic rings. The van der Waals surface area contributed by atoms with Gasteiger partial charge in [0.25, 0.3) is 0 Å². The predicted octanol–water partition coefficient (Wildman–Crippen LogP) is 2.18. The molecule has 0 bridgehead atoms. The molecule has 2 nitrogen and oxygen atoms in total. The minimum Gasteiger partial charge on any atom is -0.330 e. The molecule has 1 aromatic rings. The molecule has 2 N–H and O–H groups in total. The Morgan fingerprint density at radius 2 is 2.00 bits per heavy atom. The SMILES string of the molecule is CC(CN)CS(=O)Cc1ccc(Cl)cc1. The third-order valence-electron chi connectivity index (χ3n) is 2.11. The van der Waals surface area contributed by atoms with Gasteiger partial charge in [0.1, 0.15) is 0 Å². The summed E-state index contributed by atoms with van der Waals surface area (Å²) in [5.41, 5.74) is 6.54. The third-order valence-corrected chi connectivity index (χ3v) is 3.96. The smallest absolute Gasteiger partial charge is 0.0485 e. The lowest BCUT2D eigenvalue weighted by molar-refractivity contribution is 0.640. The molecule has 0 fully saturated rings. The van der Waals surface area contributed by atoms with E-state index in [1.807, 2.05) is 31.2 Å². The van der Waals surface area contributed by atoms with Gasteiger partial charge in [-0.25, -0.2) is 0 Å². The van der Waals surface area contributed by atoms with Crippen LogP contribution in [0.4, 0.5) is 0 Å². The molecule has 0 spiro atoms. The molecule has 2 atom stereocenters. The fourth-order valence-corrected chi connectivity index (χ4v) is 2.79. The van der Waals surface area contributed by atoms with Crippen molar-refractivity contribution in [2.24, 2.45) is 11.7 Å². The second kappa shape index (κ2) is 6.26. The van der Waals surface area contributed by atoms with E-state index in [0.717, 1.165) is 5.56 Å². The summed E-state index contributed by atoms with van der Waals surface area (Å²) in [4.78, 5) is 0. The van der Waals surface area contributed by atoms with E-state index in [9.17, 15) is 4.21 Å². The zero-order valence-electron chi connectivity index (χ0n) is 8.78. The van der Waals surface area contributed by atoms with Crippen molar-refractivity contribution in [1.29, 1.82) is 0 Å². The van der Waals surface area contributed by atoms with E-state index in [2.05, 4.69) is 0 Å². The quantitative estimate of drug-likeness (QED) is 0.864. The number of nitrogens with two attached hydrogens (primary N) is 1. The second-order valence-electron chi connectivity index (χ2n) is 3.72. The Bertz CT molecular complexity index is 326. The summed E-state index contributed by atoms with van der Waals surface area (Å²) in [7, 11) is -0.831. The van der Waals surface area contributed by atoms with Gasteiger partial charge in [-0.3, -0.25) is 4.21 Å². The number of benzene rings is 1. The molecule has 0 aliphatic heterocycles. The topological polar surface area (TPSA) is 43.1 Å². The van der Waals surface area contributed by atoms with E-state index < -0.39 is 10.8 Å². The van der Waals surface area contributed by atoms with Gasteiger partial charge in [-0.05, 0) is 30.2 Å². The number of rotatable bonds is 5. The average molecular weight is 246 g/mol. The van der Waals surface area contributed by atoms with Crippen LogP contribution in [-0.2, 0) is 16.6 Å². The van der Waals surface area contributed by atoms with Crippen molar-refractivity contribution in [1.82, 2.24) is 0 Å². The lowest BCUT2D eigenvalue weighted by atomic mass is 10.2. The van der Waals surface area contributed by atoms with Crippen LogP contribution in [0.25, 0.3) is 0 Å². The van der Waals surface area contributed by atoms with Gasteiger partial charge in [0.15, 0.2) is 0 Å². The maximum Gasteiger partial charge on any atom is 0.0485 e. The van der Waals surface area contributed by atoms with Crippen molar-refractivity contribution >= 4 is 22.4 Å². The summed E-state index contributed by atoms with van der Waals surface area (Å²) in [5, 5.41) is 0.708. The Labute approximate surface area is 98.3 Å². The molecule has 0 saturated carbocycles.